The van der Waals surface area contributed by atoms with Gasteiger partial charge in [-0.25, -0.2) is 0 Å². The van der Waals surface area contributed by atoms with Crippen LogP contribution in [0.4, 0.5) is 0 Å². The third kappa shape index (κ3) is 3.18. The molecule has 5 heteroatoms. The van der Waals surface area contributed by atoms with Crippen LogP contribution in [0.5, 0.6) is 0 Å². The first-order chi connectivity index (χ1) is 6.11. The van der Waals surface area contributed by atoms with Gasteiger partial charge in [-0.3, -0.25) is 4.79 Å². The molecule has 0 saturated heterocycles. The summed E-state index contributed by atoms with van der Waals surface area (Å²) in [4.78, 5) is 11.1. The Balaban J connectivity index is 2.44. The molecule has 72 valence electrons. The molecule has 1 unspecified atom stereocenters. The van der Waals surface area contributed by atoms with Crippen LogP contribution in [0.25, 0.3) is 0 Å². The van der Waals surface area contributed by atoms with Crippen molar-refractivity contribution in [3.8, 4) is 0 Å². The predicted molar refractivity (Wildman–Crippen MR) is 56.5 cm³/mol. The lowest BCUT2D eigenvalue weighted by Crippen LogP contribution is -2.28. The smallest absolute Gasteiger partial charge is 0.238 e. The molecule has 1 atom stereocenters. The summed E-state index contributed by atoms with van der Waals surface area (Å²) in [7, 11) is 0. The Morgan fingerprint density at radius 1 is 1.77 bits per heavy atom. The summed E-state index contributed by atoms with van der Waals surface area (Å²) in [5, 5.41) is 4.06. The van der Waals surface area contributed by atoms with E-state index in [2.05, 4.69) is 5.32 Å². The monoisotopic (exact) mass is 237 g/mol. The summed E-state index contributed by atoms with van der Waals surface area (Å²) in [6.45, 7) is 2.07. The molecule has 0 aliphatic carbocycles. The van der Waals surface area contributed by atoms with E-state index >= 15 is 0 Å². The Hall–Kier alpha value is -0.250. The zero-order valence-corrected chi connectivity index (χ0v) is 9.34. The molecule has 0 aliphatic heterocycles. The van der Waals surface area contributed by atoms with Crippen molar-refractivity contribution in [1.29, 1.82) is 0 Å². The minimum absolute atomic E-state index is 0.177. The van der Waals surface area contributed by atoms with E-state index in [4.69, 9.17) is 23.2 Å². The van der Waals surface area contributed by atoms with E-state index in [-0.39, 0.29) is 5.91 Å². The van der Waals surface area contributed by atoms with Gasteiger partial charge in [0.25, 0.3) is 0 Å². The fourth-order valence-electron chi connectivity index (χ4n) is 0.768. The van der Waals surface area contributed by atoms with Crippen LogP contribution >= 0.6 is 34.5 Å². The summed E-state index contributed by atoms with van der Waals surface area (Å²) >= 11 is 12.8. The Kier molecular flexibility index (Phi) is 4.03. The second kappa shape index (κ2) is 4.84. The number of carbonyl (C=O) groups is 1. The lowest BCUT2D eigenvalue weighted by atomic mass is 10.3. The number of carbonyl (C=O) groups excluding carboxylic acids is 1. The van der Waals surface area contributed by atoms with Crippen LogP contribution in [-0.2, 0) is 11.3 Å². The number of rotatable bonds is 3. The average Bonchev–Trinajstić information content (AvgIpc) is 2.47. The van der Waals surface area contributed by atoms with Crippen LogP contribution in [0.1, 0.15) is 12.5 Å². The highest BCUT2D eigenvalue weighted by Crippen LogP contribution is 2.22. The molecule has 1 aromatic heterocycles. The number of thiophene rings is 1. The predicted octanol–water partition coefficient (Wildman–Crippen LogP) is 2.65. The maximum Gasteiger partial charge on any atom is 0.238 e. The van der Waals surface area contributed by atoms with Gasteiger partial charge in [0.15, 0.2) is 0 Å². The van der Waals surface area contributed by atoms with Crippen LogP contribution in [0.2, 0.25) is 4.34 Å². The quantitative estimate of drug-likeness (QED) is 0.806. The largest absolute Gasteiger partial charge is 0.351 e. The summed E-state index contributed by atoms with van der Waals surface area (Å²) < 4.78 is 0.711. The normalized spacial score (nSPS) is 12.5. The molecule has 1 amide bonds. The Morgan fingerprint density at radius 3 is 2.92 bits per heavy atom. The van der Waals surface area contributed by atoms with Crippen LogP contribution < -0.4 is 5.32 Å². The minimum Gasteiger partial charge on any atom is -0.351 e. The molecule has 1 heterocycles. The molecule has 1 N–H and O–H groups in total. The number of hydrogen-bond donors (Lipinski definition) is 1. The van der Waals surface area contributed by atoms with Crippen molar-refractivity contribution in [3.63, 3.8) is 0 Å². The highest BCUT2D eigenvalue weighted by molar-refractivity contribution is 7.14. The first kappa shape index (κ1) is 10.8. The molecule has 0 saturated carbocycles. The lowest BCUT2D eigenvalue weighted by Gasteiger charge is -2.04. The topological polar surface area (TPSA) is 29.1 Å². The summed E-state index contributed by atoms with van der Waals surface area (Å²) in [5.41, 5.74) is 0.928. The Bertz CT molecular complexity index is 298. The first-order valence-corrected chi connectivity index (χ1v) is 5.44. The summed E-state index contributed by atoms with van der Waals surface area (Å²) in [6.07, 6.45) is 0. The number of nitrogens with one attached hydrogen (secondary N) is 1. The van der Waals surface area contributed by atoms with E-state index in [0.717, 1.165) is 5.56 Å². The molecule has 0 spiro atoms. The van der Waals surface area contributed by atoms with E-state index in [0.29, 0.717) is 10.9 Å². The van der Waals surface area contributed by atoms with E-state index in [1.54, 1.807) is 6.92 Å². The molecule has 0 aromatic carbocycles. The zero-order chi connectivity index (χ0) is 9.84. The van der Waals surface area contributed by atoms with Gasteiger partial charge >= 0.3 is 0 Å². The third-order valence-corrected chi connectivity index (χ3v) is 2.96. The molecule has 1 aromatic rings. The van der Waals surface area contributed by atoms with Crippen LogP contribution in [-0.4, -0.2) is 11.3 Å². The molecule has 0 bridgehead atoms. The maximum atomic E-state index is 11.1. The van der Waals surface area contributed by atoms with Gasteiger partial charge in [0, 0.05) is 12.1 Å². The fraction of sp³-hybridized carbons (Fsp3) is 0.375. The van der Waals surface area contributed by atoms with Crippen molar-refractivity contribution < 1.29 is 4.79 Å². The maximum absolute atomic E-state index is 11.1. The van der Waals surface area contributed by atoms with Gasteiger partial charge in [-0.15, -0.1) is 22.9 Å². The molecule has 0 aliphatic rings. The molecule has 0 fully saturated rings. The summed E-state index contributed by atoms with van der Waals surface area (Å²) in [5.74, 6) is -0.177. The Labute approximate surface area is 90.8 Å². The van der Waals surface area contributed by atoms with E-state index in [1.807, 2.05) is 11.4 Å². The van der Waals surface area contributed by atoms with Gasteiger partial charge < -0.3 is 5.32 Å². The average molecular weight is 238 g/mol. The first-order valence-electron chi connectivity index (χ1n) is 3.75. The lowest BCUT2D eigenvalue weighted by molar-refractivity contribution is -0.120. The third-order valence-electron chi connectivity index (χ3n) is 1.51. The standard InChI is InChI=1S/C8H9Cl2NOS/c1-5(9)8(12)11-4-6-2-3-13-7(6)10/h2-3,5H,4H2,1H3,(H,11,12). The van der Waals surface area contributed by atoms with Gasteiger partial charge in [0.1, 0.15) is 5.38 Å². The number of hydrogen-bond acceptors (Lipinski definition) is 2. The van der Waals surface area contributed by atoms with Gasteiger partial charge in [-0.05, 0) is 18.4 Å². The second-order valence-electron chi connectivity index (χ2n) is 2.55. The fourth-order valence-corrected chi connectivity index (χ4v) is 1.77. The minimum atomic E-state index is -0.502. The molecular formula is C8H9Cl2NOS. The number of amides is 1. The Morgan fingerprint density at radius 2 is 2.46 bits per heavy atom. The highest BCUT2D eigenvalue weighted by atomic mass is 35.5. The number of alkyl halides is 1. The van der Waals surface area contributed by atoms with Crippen molar-refractivity contribution in [2.75, 3.05) is 0 Å². The molecule has 1 rings (SSSR count). The van der Waals surface area contributed by atoms with Crippen LogP contribution in [0, 0.1) is 0 Å². The van der Waals surface area contributed by atoms with Crippen molar-refractivity contribution in [3.05, 3.63) is 21.3 Å². The number of halogens is 2. The molecule has 0 radical (unpaired) electrons. The van der Waals surface area contributed by atoms with Crippen molar-refractivity contribution in [2.45, 2.75) is 18.8 Å². The molecule has 2 nitrogen and oxygen atoms in total. The van der Waals surface area contributed by atoms with Gasteiger partial charge in [0.2, 0.25) is 5.91 Å². The van der Waals surface area contributed by atoms with E-state index in [1.165, 1.54) is 11.3 Å². The van der Waals surface area contributed by atoms with Gasteiger partial charge in [0.05, 0.1) is 4.34 Å². The van der Waals surface area contributed by atoms with Gasteiger partial charge in [-0.2, -0.15) is 0 Å². The highest BCUT2D eigenvalue weighted by Gasteiger charge is 2.09. The van der Waals surface area contributed by atoms with Gasteiger partial charge in [-0.1, -0.05) is 11.6 Å². The van der Waals surface area contributed by atoms with Crippen molar-refractivity contribution >= 4 is 40.4 Å². The van der Waals surface area contributed by atoms with Crippen molar-refractivity contribution in [2.24, 2.45) is 0 Å². The molecule has 13 heavy (non-hydrogen) atoms. The summed E-state index contributed by atoms with van der Waals surface area (Å²) in [6, 6.07) is 1.88. The molecular weight excluding hydrogens is 229 g/mol. The van der Waals surface area contributed by atoms with E-state index < -0.39 is 5.38 Å². The zero-order valence-electron chi connectivity index (χ0n) is 7.01. The SMILES string of the molecule is CC(Cl)C(=O)NCc1ccsc1Cl. The van der Waals surface area contributed by atoms with Crippen molar-refractivity contribution in [1.82, 2.24) is 5.32 Å². The van der Waals surface area contributed by atoms with Crippen LogP contribution in [0.3, 0.4) is 0 Å². The van der Waals surface area contributed by atoms with E-state index in [9.17, 15) is 4.79 Å². The van der Waals surface area contributed by atoms with Crippen LogP contribution in [0.15, 0.2) is 11.4 Å². The second-order valence-corrected chi connectivity index (χ2v) is 4.73.